The molecule has 0 fully saturated rings. The van der Waals surface area contributed by atoms with Crippen molar-refractivity contribution in [2.24, 2.45) is 5.41 Å². The molecule has 0 aliphatic rings. The molecule has 10 heteroatoms. The Kier molecular flexibility index (Phi) is 18.9. The zero-order valence-electron chi connectivity index (χ0n) is 30.4. The van der Waals surface area contributed by atoms with Crippen LogP contribution in [0.25, 0.3) is 0 Å². The second-order valence-corrected chi connectivity index (χ2v) is 13.9. The largest absolute Gasteiger partial charge is 0.478 e. The Hall–Kier alpha value is -4.21. The van der Waals surface area contributed by atoms with Gasteiger partial charge in [0, 0.05) is 11.1 Å². The Morgan fingerprint density at radius 2 is 1.12 bits per heavy atom. The van der Waals surface area contributed by atoms with Gasteiger partial charge in [-0.1, -0.05) is 142 Å². The number of para-hydroxylation sites is 1. The number of carboxylic acids is 2. The number of aromatic carboxylic acids is 2. The molecule has 0 aromatic heterocycles. The van der Waals surface area contributed by atoms with Gasteiger partial charge < -0.3 is 25.0 Å². The van der Waals surface area contributed by atoms with Gasteiger partial charge in [0.05, 0.1) is 23.3 Å². The van der Waals surface area contributed by atoms with E-state index in [1.807, 2.05) is 0 Å². The molecule has 0 saturated heterocycles. The predicted octanol–water partition coefficient (Wildman–Crippen LogP) is 9.50. The van der Waals surface area contributed by atoms with E-state index >= 15 is 0 Å². The standard InChI is InChI=1S/C40H57NO9/c1-5-6-7-8-9-10-11-12-13-14-15-16-17-18-19-23-26-49-39(48)33-31(37(44)45)27-30(28-32(33)38(46)47)50-34(35(42)40(2,3)4)36(43)41-29-24-21-20-22-25-29/h20-22,24-25,27-28,34H,5-19,23,26H2,1-4H3,(H,41,43)(H,44,45)(H,46,47). The molecule has 2 aromatic carbocycles. The number of esters is 1. The van der Waals surface area contributed by atoms with E-state index in [4.69, 9.17) is 9.47 Å². The number of unbranched alkanes of at least 4 members (excludes halogenated alkanes) is 15. The highest BCUT2D eigenvalue weighted by Gasteiger charge is 2.37. The van der Waals surface area contributed by atoms with Crippen molar-refractivity contribution in [2.45, 2.75) is 137 Å². The minimum atomic E-state index is -1.74. The first-order valence-corrected chi connectivity index (χ1v) is 18.3. The number of carbonyl (C=O) groups is 5. The van der Waals surface area contributed by atoms with E-state index < -0.39 is 57.8 Å². The lowest BCUT2D eigenvalue weighted by Gasteiger charge is -2.25. The van der Waals surface area contributed by atoms with Crippen LogP contribution < -0.4 is 10.1 Å². The predicted molar refractivity (Wildman–Crippen MR) is 194 cm³/mol. The van der Waals surface area contributed by atoms with Crippen LogP contribution in [-0.4, -0.2) is 52.5 Å². The van der Waals surface area contributed by atoms with Crippen LogP contribution in [0.5, 0.6) is 5.75 Å². The number of amides is 1. The summed E-state index contributed by atoms with van der Waals surface area (Å²) < 4.78 is 11.0. The van der Waals surface area contributed by atoms with Gasteiger partial charge in [-0.15, -0.1) is 0 Å². The summed E-state index contributed by atoms with van der Waals surface area (Å²) in [5.41, 5.74) is -2.64. The average molecular weight is 696 g/mol. The second-order valence-electron chi connectivity index (χ2n) is 13.9. The first kappa shape index (κ1) is 42.0. The van der Waals surface area contributed by atoms with Crippen molar-refractivity contribution in [1.82, 2.24) is 0 Å². The van der Waals surface area contributed by atoms with Crippen LogP contribution in [0.15, 0.2) is 42.5 Å². The molecule has 0 heterocycles. The summed E-state index contributed by atoms with van der Waals surface area (Å²) in [6.45, 7) is 7.02. The van der Waals surface area contributed by atoms with Crippen molar-refractivity contribution in [3.63, 3.8) is 0 Å². The van der Waals surface area contributed by atoms with Crippen LogP contribution in [-0.2, 0) is 14.3 Å². The van der Waals surface area contributed by atoms with Crippen molar-refractivity contribution >= 4 is 35.3 Å². The number of carbonyl (C=O) groups excluding carboxylic acids is 3. The third-order valence-corrected chi connectivity index (χ3v) is 8.52. The Bertz CT molecular complexity index is 1350. The Morgan fingerprint density at radius 3 is 1.54 bits per heavy atom. The zero-order chi connectivity index (χ0) is 36.9. The van der Waals surface area contributed by atoms with Crippen LogP contribution in [0.4, 0.5) is 5.69 Å². The van der Waals surface area contributed by atoms with Gasteiger partial charge in [0.1, 0.15) is 5.75 Å². The summed E-state index contributed by atoms with van der Waals surface area (Å²) in [6, 6.07) is 10.2. The maximum absolute atomic E-state index is 13.3. The number of carboxylic acid groups (broad SMARTS) is 2. The summed E-state index contributed by atoms with van der Waals surface area (Å²) in [6.07, 6.45) is 17.3. The number of hydrogen-bond donors (Lipinski definition) is 3. The van der Waals surface area contributed by atoms with Gasteiger partial charge in [0.15, 0.2) is 5.78 Å². The average Bonchev–Trinajstić information content (AvgIpc) is 3.07. The maximum Gasteiger partial charge on any atom is 0.339 e. The normalized spacial score (nSPS) is 11.8. The molecule has 0 aliphatic carbocycles. The van der Waals surface area contributed by atoms with Crippen LogP contribution in [0.1, 0.15) is 162 Å². The minimum Gasteiger partial charge on any atom is -0.478 e. The summed E-state index contributed by atoms with van der Waals surface area (Å²) >= 11 is 0. The topological polar surface area (TPSA) is 156 Å². The molecule has 2 aromatic rings. The van der Waals surface area contributed by atoms with Crippen LogP contribution >= 0.6 is 0 Å². The van der Waals surface area contributed by atoms with Crippen LogP contribution in [0.2, 0.25) is 0 Å². The second kappa shape index (κ2) is 22.5. The monoisotopic (exact) mass is 695 g/mol. The lowest BCUT2D eigenvalue weighted by Crippen LogP contribution is -2.45. The molecule has 0 aliphatic heterocycles. The summed E-state index contributed by atoms with van der Waals surface area (Å²) in [7, 11) is 0. The third kappa shape index (κ3) is 15.1. The highest BCUT2D eigenvalue weighted by atomic mass is 16.5. The van der Waals surface area contributed by atoms with Crippen molar-refractivity contribution < 1.29 is 43.7 Å². The molecule has 3 N–H and O–H groups in total. The summed E-state index contributed by atoms with van der Waals surface area (Å²) in [5, 5.41) is 22.5. The molecule has 1 unspecified atom stereocenters. The highest BCUT2D eigenvalue weighted by molar-refractivity contribution is 6.12. The summed E-state index contributed by atoms with van der Waals surface area (Å²) in [5.74, 6) is -6.11. The number of rotatable bonds is 25. The summed E-state index contributed by atoms with van der Waals surface area (Å²) in [4.78, 5) is 64.0. The van der Waals surface area contributed by atoms with Crippen LogP contribution in [0.3, 0.4) is 0 Å². The Labute approximate surface area is 297 Å². The molecule has 1 amide bonds. The number of anilines is 1. The fourth-order valence-corrected chi connectivity index (χ4v) is 5.61. The van der Waals surface area contributed by atoms with Gasteiger partial charge in [0.2, 0.25) is 6.10 Å². The van der Waals surface area contributed by atoms with Gasteiger partial charge in [-0.2, -0.15) is 0 Å². The van der Waals surface area contributed by atoms with Gasteiger partial charge >= 0.3 is 17.9 Å². The van der Waals surface area contributed by atoms with Gasteiger partial charge in [-0.05, 0) is 30.7 Å². The van der Waals surface area contributed by atoms with Gasteiger partial charge in [0.25, 0.3) is 5.91 Å². The van der Waals surface area contributed by atoms with E-state index in [2.05, 4.69) is 12.2 Å². The molecule has 276 valence electrons. The molecule has 0 bridgehead atoms. The maximum atomic E-state index is 13.3. The third-order valence-electron chi connectivity index (χ3n) is 8.52. The lowest BCUT2D eigenvalue weighted by atomic mass is 9.87. The minimum absolute atomic E-state index is 0.00939. The molecule has 0 radical (unpaired) electrons. The number of Topliss-reactive ketones (excluding diaryl/α,β-unsaturated/α-hetero) is 1. The highest BCUT2D eigenvalue weighted by Crippen LogP contribution is 2.28. The zero-order valence-corrected chi connectivity index (χ0v) is 30.4. The molecule has 50 heavy (non-hydrogen) atoms. The molecule has 0 saturated carbocycles. The lowest BCUT2D eigenvalue weighted by molar-refractivity contribution is -0.140. The molecule has 0 spiro atoms. The van der Waals surface area contributed by atoms with Crippen LogP contribution in [0, 0.1) is 5.41 Å². The van der Waals surface area contributed by atoms with E-state index in [0.717, 1.165) is 37.8 Å². The quantitative estimate of drug-likeness (QED) is 0.0523. The van der Waals surface area contributed by atoms with Crippen molar-refractivity contribution in [3.8, 4) is 5.75 Å². The first-order chi connectivity index (χ1) is 23.9. The Morgan fingerprint density at radius 1 is 0.680 bits per heavy atom. The molecule has 10 nitrogen and oxygen atoms in total. The van der Waals surface area contributed by atoms with E-state index in [0.29, 0.717) is 12.1 Å². The smallest absolute Gasteiger partial charge is 0.339 e. The number of nitrogens with one attached hydrogen (secondary N) is 1. The molecular weight excluding hydrogens is 638 g/mol. The fraction of sp³-hybridized carbons (Fsp3) is 0.575. The van der Waals surface area contributed by atoms with Crippen molar-refractivity contribution in [1.29, 1.82) is 0 Å². The van der Waals surface area contributed by atoms with E-state index in [1.165, 1.54) is 70.6 Å². The van der Waals surface area contributed by atoms with E-state index in [1.54, 1.807) is 51.1 Å². The number of benzene rings is 2. The molecule has 1 atom stereocenters. The Balaban J connectivity index is 1.93. The van der Waals surface area contributed by atoms with Gasteiger partial charge in [-0.25, -0.2) is 14.4 Å². The van der Waals surface area contributed by atoms with Crippen molar-refractivity contribution in [3.05, 3.63) is 59.2 Å². The van der Waals surface area contributed by atoms with Gasteiger partial charge in [-0.3, -0.25) is 9.59 Å². The van der Waals surface area contributed by atoms with Crippen molar-refractivity contribution in [2.75, 3.05) is 11.9 Å². The molecular formula is C40H57NO9. The van der Waals surface area contributed by atoms with E-state index in [-0.39, 0.29) is 12.4 Å². The number of hydrogen-bond acceptors (Lipinski definition) is 7. The van der Waals surface area contributed by atoms with E-state index in [9.17, 15) is 34.2 Å². The fourth-order valence-electron chi connectivity index (χ4n) is 5.61. The SMILES string of the molecule is CCCCCCCCCCCCCCCCCCOC(=O)c1c(C(=O)O)cc(OC(C(=O)Nc2ccccc2)C(=O)C(C)(C)C)cc1C(=O)O. The first-order valence-electron chi connectivity index (χ1n) is 18.3. The number of ether oxygens (including phenoxy) is 2. The molecule has 2 rings (SSSR count). The number of ketones is 1.